The Bertz CT molecular complexity index is 487. The van der Waals surface area contributed by atoms with E-state index in [1.54, 1.807) is 0 Å². The standard InChI is InChI=1S/C14H16ClN3/c1-2-14(12-4-3-5-13(15)6-12)18-9-11-7-16-10-17-8-11/h3-8,10,14,18H,2,9H2,1H3. The van der Waals surface area contributed by atoms with E-state index in [0.717, 1.165) is 23.6 Å². The summed E-state index contributed by atoms with van der Waals surface area (Å²) in [5.74, 6) is 0. The van der Waals surface area contributed by atoms with Crippen LogP contribution in [-0.4, -0.2) is 9.97 Å². The molecular weight excluding hydrogens is 246 g/mol. The maximum absolute atomic E-state index is 6.02. The molecule has 0 fully saturated rings. The highest BCUT2D eigenvalue weighted by Gasteiger charge is 2.08. The van der Waals surface area contributed by atoms with Crippen LogP contribution in [0.3, 0.4) is 0 Å². The van der Waals surface area contributed by atoms with Gasteiger partial charge in [-0.25, -0.2) is 9.97 Å². The van der Waals surface area contributed by atoms with Crippen molar-refractivity contribution in [2.45, 2.75) is 25.9 Å². The van der Waals surface area contributed by atoms with Gasteiger partial charge in [0.2, 0.25) is 0 Å². The van der Waals surface area contributed by atoms with Gasteiger partial charge in [-0.1, -0.05) is 30.7 Å². The van der Waals surface area contributed by atoms with Crippen LogP contribution in [0.1, 0.15) is 30.5 Å². The van der Waals surface area contributed by atoms with E-state index >= 15 is 0 Å². The van der Waals surface area contributed by atoms with Crippen LogP contribution in [0.2, 0.25) is 5.02 Å². The van der Waals surface area contributed by atoms with E-state index in [-0.39, 0.29) is 0 Å². The second kappa shape index (κ2) is 6.47. The van der Waals surface area contributed by atoms with Crippen molar-refractivity contribution in [3.05, 3.63) is 59.1 Å². The van der Waals surface area contributed by atoms with E-state index in [4.69, 9.17) is 11.6 Å². The number of halogens is 1. The monoisotopic (exact) mass is 261 g/mol. The Hall–Kier alpha value is -1.45. The second-order valence-electron chi connectivity index (χ2n) is 4.14. The molecule has 0 radical (unpaired) electrons. The third kappa shape index (κ3) is 3.52. The van der Waals surface area contributed by atoms with E-state index in [1.165, 1.54) is 11.9 Å². The zero-order valence-corrected chi connectivity index (χ0v) is 11.1. The van der Waals surface area contributed by atoms with Gasteiger partial charge in [0.05, 0.1) is 0 Å². The second-order valence-corrected chi connectivity index (χ2v) is 4.58. The number of hydrogen-bond acceptors (Lipinski definition) is 3. The normalized spacial score (nSPS) is 12.3. The first kappa shape index (κ1) is 13.0. The molecule has 3 nitrogen and oxygen atoms in total. The molecule has 1 N–H and O–H groups in total. The fourth-order valence-corrected chi connectivity index (χ4v) is 2.08. The minimum atomic E-state index is 0.295. The molecule has 2 aromatic rings. The van der Waals surface area contributed by atoms with Crippen molar-refractivity contribution in [2.75, 3.05) is 0 Å². The smallest absolute Gasteiger partial charge is 0.115 e. The Morgan fingerprint density at radius 2 is 2.06 bits per heavy atom. The first-order valence-electron chi connectivity index (χ1n) is 6.02. The van der Waals surface area contributed by atoms with Crippen LogP contribution in [0.4, 0.5) is 0 Å². The fraction of sp³-hybridized carbons (Fsp3) is 0.286. The number of nitrogens with one attached hydrogen (secondary N) is 1. The van der Waals surface area contributed by atoms with Gasteiger partial charge < -0.3 is 5.32 Å². The summed E-state index contributed by atoms with van der Waals surface area (Å²) in [6.07, 6.45) is 6.20. The summed E-state index contributed by atoms with van der Waals surface area (Å²) < 4.78 is 0. The molecule has 94 valence electrons. The van der Waals surface area contributed by atoms with Crippen molar-refractivity contribution in [3.8, 4) is 0 Å². The SMILES string of the molecule is CCC(NCc1cncnc1)c1cccc(Cl)c1. The summed E-state index contributed by atoms with van der Waals surface area (Å²) in [5, 5.41) is 4.26. The number of nitrogens with zero attached hydrogens (tertiary/aromatic N) is 2. The summed E-state index contributed by atoms with van der Waals surface area (Å²) in [6, 6.07) is 8.26. The highest BCUT2D eigenvalue weighted by atomic mass is 35.5. The Morgan fingerprint density at radius 3 is 2.72 bits per heavy atom. The van der Waals surface area contributed by atoms with Gasteiger partial charge in [0, 0.05) is 35.6 Å². The molecular formula is C14H16ClN3. The molecule has 0 saturated carbocycles. The molecule has 4 heteroatoms. The predicted molar refractivity (Wildman–Crippen MR) is 73.4 cm³/mol. The highest BCUT2D eigenvalue weighted by Crippen LogP contribution is 2.20. The van der Waals surface area contributed by atoms with E-state index in [2.05, 4.69) is 28.3 Å². The Morgan fingerprint density at radius 1 is 1.28 bits per heavy atom. The van der Waals surface area contributed by atoms with Crippen LogP contribution in [0, 0.1) is 0 Å². The van der Waals surface area contributed by atoms with E-state index in [0.29, 0.717) is 6.04 Å². The molecule has 1 heterocycles. The minimum absolute atomic E-state index is 0.295. The quantitative estimate of drug-likeness (QED) is 0.897. The van der Waals surface area contributed by atoms with Crippen molar-refractivity contribution in [3.63, 3.8) is 0 Å². The van der Waals surface area contributed by atoms with Crippen molar-refractivity contribution in [2.24, 2.45) is 0 Å². The lowest BCUT2D eigenvalue weighted by atomic mass is 10.0. The predicted octanol–water partition coefficient (Wildman–Crippen LogP) is 3.37. The lowest BCUT2D eigenvalue weighted by Gasteiger charge is -2.17. The van der Waals surface area contributed by atoms with Crippen molar-refractivity contribution >= 4 is 11.6 Å². The van der Waals surface area contributed by atoms with Gasteiger partial charge in [0.1, 0.15) is 6.33 Å². The van der Waals surface area contributed by atoms with Crippen molar-refractivity contribution in [1.29, 1.82) is 0 Å². The summed E-state index contributed by atoms with van der Waals surface area (Å²) in [5.41, 5.74) is 2.29. The highest BCUT2D eigenvalue weighted by molar-refractivity contribution is 6.30. The molecule has 0 bridgehead atoms. The van der Waals surface area contributed by atoms with Gasteiger partial charge in [-0.15, -0.1) is 0 Å². The van der Waals surface area contributed by atoms with Gasteiger partial charge in [-0.2, -0.15) is 0 Å². The molecule has 0 aliphatic heterocycles. The summed E-state index contributed by atoms with van der Waals surface area (Å²) in [7, 11) is 0. The van der Waals surface area contributed by atoms with Crippen LogP contribution in [0.5, 0.6) is 0 Å². The molecule has 1 unspecified atom stereocenters. The first-order chi connectivity index (χ1) is 8.79. The third-order valence-corrected chi connectivity index (χ3v) is 3.06. The Kier molecular flexibility index (Phi) is 4.67. The third-order valence-electron chi connectivity index (χ3n) is 2.83. The van der Waals surface area contributed by atoms with Gasteiger partial charge in [0.15, 0.2) is 0 Å². The maximum Gasteiger partial charge on any atom is 0.115 e. The summed E-state index contributed by atoms with van der Waals surface area (Å²) in [4.78, 5) is 8.01. The average molecular weight is 262 g/mol. The van der Waals surface area contributed by atoms with Gasteiger partial charge in [-0.05, 0) is 24.1 Å². The van der Waals surface area contributed by atoms with Crippen molar-refractivity contribution < 1.29 is 0 Å². The molecule has 0 aliphatic carbocycles. The Labute approximate surface area is 112 Å². The van der Waals surface area contributed by atoms with E-state index < -0.39 is 0 Å². The van der Waals surface area contributed by atoms with Gasteiger partial charge in [0.25, 0.3) is 0 Å². The molecule has 2 rings (SSSR count). The van der Waals surface area contributed by atoms with Crippen LogP contribution in [-0.2, 0) is 6.54 Å². The number of rotatable bonds is 5. The van der Waals surface area contributed by atoms with E-state index in [1.807, 2.05) is 30.6 Å². The van der Waals surface area contributed by atoms with Gasteiger partial charge in [-0.3, -0.25) is 0 Å². The van der Waals surface area contributed by atoms with Crippen LogP contribution < -0.4 is 5.32 Å². The van der Waals surface area contributed by atoms with Crippen LogP contribution in [0.15, 0.2) is 43.0 Å². The van der Waals surface area contributed by atoms with Crippen molar-refractivity contribution in [1.82, 2.24) is 15.3 Å². The molecule has 1 aromatic heterocycles. The fourth-order valence-electron chi connectivity index (χ4n) is 1.88. The van der Waals surface area contributed by atoms with Crippen LogP contribution >= 0.6 is 11.6 Å². The lowest BCUT2D eigenvalue weighted by molar-refractivity contribution is 0.518. The average Bonchev–Trinajstić information content (AvgIpc) is 2.41. The molecule has 0 aliphatic rings. The van der Waals surface area contributed by atoms with E-state index in [9.17, 15) is 0 Å². The Balaban J connectivity index is 2.02. The van der Waals surface area contributed by atoms with Crippen LogP contribution in [0.25, 0.3) is 0 Å². The molecule has 0 spiro atoms. The van der Waals surface area contributed by atoms with Gasteiger partial charge >= 0.3 is 0 Å². The molecule has 1 atom stereocenters. The first-order valence-corrected chi connectivity index (χ1v) is 6.40. The topological polar surface area (TPSA) is 37.8 Å². The molecule has 0 saturated heterocycles. The summed E-state index contributed by atoms with van der Waals surface area (Å²) >= 11 is 6.02. The number of benzene rings is 1. The number of hydrogen-bond donors (Lipinski definition) is 1. The molecule has 0 amide bonds. The maximum atomic E-state index is 6.02. The molecule has 1 aromatic carbocycles. The largest absolute Gasteiger partial charge is 0.306 e. The number of aromatic nitrogens is 2. The zero-order chi connectivity index (χ0) is 12.8. The molecule has 18 heavy (non-hydrogen) atoms. The minimum Gasteiger partial charge on any atom is -0.306 e. The lowest BCUT2D eigenvalue weighted by Crippen LogP contribution is -2.20. The zero-order valence-electron chi connectivity index (χ0n) is 10.3. The summed E-state index contributed by atoms with van der Waals surface area (Å²) in [6.45, 7) is 2.91.